The van der Waals surface area contributed by atoms with Crippen molar-refractivity contribution in [2.45, 2.75) is 20.3 Å². The standard InChI is InChI=1S/C12H15NO/c1-9(13-3)8-11-4-6-12(7-5-11)10(2)14/h4-7H,8H2,1-3H3/b13-9+. The number of ketones is 1. The van der Waals surface area contributed by atoms with Crippen molar-refractivity contribution in [2.75, 3.05) is 7.05 Å². The minimum Gasteiger partial charge on any atom is -0.297 e. The van der Waals surface area contributed by atoms with Gasteiger partial charge in [-0.25, -0.2) is 0 Å². The second-order valence-corrected chi connectivity index (χ2v) is 3.39. The van der Waals surface area contributed by atoms with Crippen molar-refractivity contribution in [3.8, 4) is 0 Å². The molecule has 0 aromatic heterocycles. The Hall–Kier alpha value is -1.44. The Morgan fingerprint density at radius 2 is 1.79 bits per heavy atom. The molecule has 0 atom stereocenters. The van der Waals surface area contributed by atoms with Crippen LogP contribution in [0.25, 0.3) is 0 Å². The molecule has 0 heterocycles. The molecule has 0 aliphatic rings. The summed E-state index contributed by atoms with van der Waals surface area (Å²) in [6, 6.07) is 7.68. The lowest BCUT2D eigenvalue weighted by molar-refractivity contribution is 0.101. The van der Waals surface area contributed by atoms with Crippen LogP contribution in [0, 0.1) is 0 Å². The second-order valence-electron chi connectivity index (χ2n) is 3.39. The molecule has 1 rings (SSSR count). The van der Waals surface area contributed by atoms with Crippen LogP contribution in [0.15, 0.2) is 29.3 Å². The van der Waals surface area contributed by atoms with Crippen LogP contribution < -0.4 is 0 Å². The van der Waals surface area contributed by atoms with Crippen LogP contribution in [0.3, 0.4) is 0 Å². The Bertz CT molecular complexity index is 349. The molecule has 0 unspecified atom stereocenters. The van der Waals surface area contributed by atoms with E-state index in [4.69, 9.17) is 0 Å². The molecule has 0 saturated carbocycles. The lowest BCUT2D eigenvalue weighted by Crippen LogP contribution is -1.98. The highest BCUT2D eigenvalue weighted by molar-refractivity contribution is 5.94. The summed E-state index contributed by atoms with van der Waals surface area (Å²) in [5.74, 6) is 0.109. The second kappa shape index (κ2) is 4.70. The summed E-state index contributed by atoms with van der Waals surface area (Å²) in [4.78, 5) is 15.1. The van der Waals surface area contributed by atoms with Crippen molar-refractivity contribution in [2.24, 2.45) is 4.99 Å². The van der Waals surface area contributed by atoms with E-state index in [1.54, 1.807) is 14.0 Å². The summed E-state index contributed by atoms with van der Waals surface area (Å²) in [5.41, 5.74) is 3.05. The summed E-state index contributed by atoms with van der Waals surface area (Å²) in [6.07, 6.45) is 0.856. The van der Waals surface area contributed by atoms with E-state index in [-0.39, 0.29) is 5.78 Å². The molecule has 1 aromatic rings. The average Bonchev–Trinajstić information content (AvgIpc) is 2.18. The number of benzene rings is 1. The highest BCUT2D eigenvalue weighted by atomic mass is 16.1. The number of nitrogens with zero attached hydrogens (tertiary/aromatic N) is 1. The first-order valence-corrected chi connectivity index (χ1v) is 4.65. The van der Waals surface area contributed by atoms with E-state index >= 15 is 0 Å². The van der Waals surface area contributed by atoms with E-state index < -0.39 is 0 Å². The predicted octanol–water partition coefficient (Wildman–Crippen LogP) is 2.52. The van der Waals surface area contributed by atoms with Gasteiger partial charge in [-0.15, -0.1) is 0 Å². The minimum absolute atomic E-state index is 0.109. The van der Waals surface area contributed by atoms with Gasteiger partial charge in [0.1, 0.15) is 0 Å². The Balaban J connectivity index is 2.79. The van der Waals surface area contributed by atoms with Crippen LogP contribution in [-0.4, -0.2) is 18.5 Å². The number of carbonyl (C=O) groups excluding carboxylic acids is 1. The normalized spacial score (nSPS) is 11.5. The lowest BCUT2D eigenvalue weighted by atomic mass is 10.1. The topological polar surface area (TPSA) is 29.4 Å². The predicted molar refractivity (Wildman–Crippen MR) is 59.2 cm³/mol. The van der Waals surface area contributed by atoms with Gasteiger partial charge in [0, 0.05) is 24.7 Å². The number of hydrogen-bond donors (Lipinski definition) is 0. The summed E-state index contributed by atoms with van der Waals surface area (Å²) < 4.78 is 0. The SMILES string of the molecule is C/N=C(\C)Cc1ccc(C(C)=O)cc1. The molecule has 0 N–H and O–H groups in total. The molecule has 0 aliphatic heterocycles. The molecule has 74 valence electrons. The Labute approximate surface area is 84.7 Å². The van der Waals surface area contributed by atoms with Gasteiger partial charge in [0.05, 0.1) is 0 Å². The quantitative estimate of drug-likeness (QED) is 0.530. The molecule has 0 amide bonds. The molecule has 14 heavy (non-hydrogen) atoms. The third-order valence-electron chi connectivity index (χ3n) is 2.20. The van der Waals surface area contributed by atoms with Gasteiger partial charge in [-0.1, -0.05) is 24.3 Å². The molecule has 0 fully saturated rings. The van der Waals surface area contributed by atoms with Gasteiger partial charge in [-0.3, -0.25) is 9.79 Å². The Morgan fingerprint density at radius 3 is 2.21 bits per heavy atom. The minimum atomic E-state index is 0.109. The zero-order chi connectivity index (χ0) is 10.6. The average molecular weight is 189 g/mol. The number of hydrogen-bond acceptors (Lipinski definition) is 2. The van der Waals surface area contributed by atoms with E-state index in [2.05, 4.69) is 4.99 Å². The maximum absolute atomic E-state index is 11.0. The van der Waals surface area contributed by atoms with Gasteiger partial charge in [0.2, 0.25) is 0 Å². The van der Waals surface area contributed by atoms with Crippen LogP contribution in [0.4, 0.5) is 0 Å². The van der Waals surface area contributed by atoms with E-state index in [9.17, 15) is 4.79 Å². The third-order valence-corrected chi connectivity index (χ3v) is 2.20. The molecule has 1 aromatic carbocycles. The molecule has 0 bridgehead atoms. The first-order chi connectivity index (χ1) is 6.63. The Morgan fingerprint density at radius 1 is 1.21 bits per heavy atom. The molecular weight excluding hydrogens is 174 g/mol. The van der Waals surface area contributed by atoms with E-state index in [0.29, 0.717) is 0 Å². The fraction of sp³-hybridized carbons (Fsp3) is 0.333. The first-order valence-electron chi connectivity index (χ1n) is 4.65. The van der Waals surface area contributed by atoms with Crippen molar-refractivity contribution < 1.29 is 4.79 Å². The van der Waals surface area contributed by atoms with Gasteiger partial charge in [0.25, 0.3) is 0 Å². The molecule has 2 heteroatoms. The molecule has 0 spiro atoms. The van der Waals surface area contributed by atoms with Gasteiger partial charge in [-0.05, 0) is 19.4 Å². The van der Waals surface area contributed by atoms with Gasteiger partial charge < -0.3 is 0 Å². The monoisotopic (exact) mass is 189 g/mol. The maximum atomic E-state index is 11.0. The van der Waals surface area contributed by atoms with E-state index in [0.717, 1.165) is 17.7 Å². The first kappa shape index (κ1) is 10.6. The van der Waals surface area contributed by atoms with Crippen molar-refractivity contribution >= 4 is 11.5 Å². The largest absolute Gasteiger partial charge is 0.297 e. The zero-order valence-electron chi connectivity index (χ0n) is 8.87. The van der Waals surface area contributed by atoms with Crippen LogP contribution >= 0.6 is 0 Å². The summed E-state index contributed by atoms with van der Waals surface area (Å²) in [6.45, 7) is 3.58. The molecule has 0 aliphatic carbocycles. The van der Waals surface area contributed by atoms with E-state index in [1.165, 1.54) is 5.56 Å². The Kier molecular flexibility index (Phi) is 3.57. The fourth-order valence-corrected chi connectivity index (χ4v) is 1.23. The van der Waals surface area contributed by atoms with Crippen LogP contribution in [0.1, 0.15) is 29.8 Å². The van der Waals surface area contributed by atoms with Crippen molar-refractivity contribution in [3.05, 3.63) is 35.4 Å². The number of carbonyl (C=O) groups is 1. The summed E-state index contributed by atoms with van der Waals surface area (Å²) in [5, 5.41) is 0. The third kappa shape index (κ3) is 2.80. The maximum Gasteiger partial charge on any atom is 0.159 e. The lowest BCUT2D eigenvalue weighted by Gasteiger charge is -2.01. The number of rotatable bonds is 3. The van der Waals surface area contributed by atoms with Crippen molar-refractivity contribution in [1.29, 1.82) is 0 Å². The fourth-order valence-electron chi connectivity index (χ4n) is 1.23. The van der Waals surface area contributed by atoms with Gasteiger partial charge in [0.15, 0.2) is 5.78 Å². The van der Waals surface area contributed by atoms with Crippen molar-refractivity contribution in [1.82, 2.24) is 0 Å². The molecule has 2 nitrogen and oxygen atoms in total. The molecule has 0 saturated heterocycles. The summed E-state index contributed by atoms with van der Waals surface area (Å²) >= 11 is 0. The van der Waals surface area contributed by atoms with Gasteiger partial charge >= 0.3 is 0 Å². The number of Topliss-reactive ketones (excluding diaryl/α,β-unsaturated/α-hetero) is 1. The summed E-state index contributed by atoms with van der Waals surface area (Å²) in [7, 11) is 1.79. The van der Waals surface area contributed by atoms with Crippen molar-refractivity contribution in [3.63, 3.8) is 0 Å². The molecule has 0 radical (unpaired) electrons. The smallest absolute Gasteiger partial charge is 0.159 e. The highest BCUT2D eigenvalue weighted by Crippen LogP contribution is 2.06. The molecular formula is C12H15NO. The van der Waals surface area contributed by atoms with Crippen LogP contribution in [0.5, 0.6) is 0 Å². The van der Waals surface area contributed by atoms with Gasteiger partial charge in [-0.2, -0.15) is 0 Å². The number of aliphatic imine (C=N–C) groups is 1. The van der Waals surface area contributed by atoms with Crippen LogP contribution in [0.2, 0.25) is 0 Å². The van der Waals surface area contributed by atoms with E-state index in [1.807, 2.05) is 31.2 Å². The van der Waals surface area contributed by atoms with Crippen LogP contribution in [-0.2, 0) is 6.42 Å². The zero-order valence-corrected chi connectivity index (χ0v) is 8.87. The highest BCUT2D eigenvalue weighted by Gasteiger charge is 1.99.